The number of benzene rings is 1. The van der Waals surface area contributed by atoms with Crippen molar-refractivity contribution in [2.75, 3.05) is 6.54 Å². The summed E-state index contributed by atoms with van der Waals surface area (Å²) in [4.78, 5) is 28.1. The quantitative estimate of drug-likeness (QED) is 0.656. The maximum atomic E-state index is 12.4. The lowest BCUT2D eigenvalue weighted by Gasteiger charge is -2.19. The minimum Gasteiger partial charge on any atom is -0.444 e. The zero-order chi connectivity index (χ0) is 21.4. The number of hydrogen-bond donors (Lipinski definition) is 3. The van der Waals surface area contributed by atoms with Crippen LogP contribution >= 0.6 is 0 Å². The van der Waals surface area contributed by atoms with Crippen LogP contribution < -0.4 is 10.6 Å². The fraction of sp³-hybridized carbons (Fsp3) is 0.450. The maximum absolute atomic E-state index is 12.4. The summed E-state index contributed by atoms with van der Waals surface area (Å²) < 4.78 is 5.14. The number of hydrogen-bond acceptors (Lipinski definition) is 6. The molecular weight excluding hydrogens is 372 g/mol. The Morgan fingerprint density at radius 1 is 1.28 bits per heavy atom. The Hall–Kier alpha value is -3.41. The van der Waals surface area contributed by atoms with Gasteiger partial charge in [0, 0.05) is 13.0 Å². The summed E-state index contributed by atoms with van der Waals surface area (Å²) in [5.41, 5.74) is 1.26. The number of aromatic nitrogens is 3. The second-order valence-electron chi connectivity index (χ2n) is 7.42. The van der Waals surface area contributed by atoms with Gasteiger partial charge in [0.1, 0.15) is 17.5 Å². The molecule has 3 N–H and O–H groups in total. The third kappa shape index (κ3) is 6.92. The standard InChI is InChI=1S/C20H26N6O3/c1-5-13-6-8-14(9-7-13)15(12-21)23-18(27)17-24-16(25-26-17)10-11-22-19(28)29-20(2,3)4/h6-9,15H,5,10-11H2,1-4H3,(H,22,28)(H,23,27)(H,24,25,26)/t15-/m1/s1. The molecule has 9 nitrogen and oxygen atoms in total. The van der Waals surface area contributed by atoms with Gasteiger partial charge in [-0.1, -0.05) is 31.2 Å². The number of nitrogens with zero attached hydrogens (tertiary/aromatic N) is 3. The van der Waals surface area contributed by atoms with E-state index in [2.05, 4.69) is 31.9 Å². The van der Waals surface area contributed by atoms with Crippen molar-refractivity contribution in [1.82, 2.24) is 25.8 Å². The number of aryl methyl sites for hydroxylation is 1. The van der Waals surface area contributed by atoms with E-state index in [-0.39, 0.29) is 12.4 Å². The molecule has 154 valence electrons. The second kappa shape index (κ2) is 9.68. The van der Waals surface area contributed by atoms with Crippen molar-refractivity contribution in [1.29, 1.82) is 5.26 Å². The highest BCUT2D eigenvalue weighted by atomic mass is 16.6. The highest BCUT2D eigenvalue weighted by Crippen LogP contribution is 2.14. The predicted octanol–water partition coefficient (Wildman–Crippen LogP) is 2.43. The molecule has 0 saturated carbocycles. The van der Waals surface area contributed by atoms with Gasteiger partial charge in [0.25, 0.3) is 5.91 Å². The van der Waals surface area contributed by atoms with Gasteiger partial charge in [0.2, 0.25) is 5.82 Å². The van der Waals surface area contributed by atoms with Crippen molar-refractivity contribution in [2.45, 2.75) is 52.2 Å². The van der Waals surface area contributed by atoms with Crippen LogP contribution in [0.3, 0.4) is 0 Å². The van der Waals surface area contributed by atoms with Crippen LogP contribution in [-0.4, -0.2) is 39.3 Å². The lowest BCUT2D eigenvalue weighted by Crippen LogP contribution is -2.33. The Bertz CT molecular complexity index is 877. The molecule has 2 aromatic rings. The number of nitrogens with one attached hydrogen (secondary N) is 3. The van der Waals surface area contributed by atoms with Gasteiger partial charge in [-0.05, 0) is 38.3 Å². The molecule has 0 radical (unpaired) electrons. The van der Waals surface area contributed by atoms with Crippen molar-refractivity contribution in [3.8, 4) is 6.07 Å². The zero-order valence-corrected chi connectivity index (χ0v) is 17.1. The highest BCUT2D eigenvalue weighted by molar-refractivity contribution is 5.90. The Balaban J connectivity index is 1.89. The van der Waals surface area contributed by atoms with Crippen molar-refractivity contribution >= 4 is 12.0 Å². The molecule has 0 saturated heterocycles. The Morgan fingerprint density at radius 3 is 2.55 bits per heavy atom. The molecule has 1 heterocycles. The zero-order valence-electron chi connectivity index (χ0n) is 17.1. The summed E-state index contributed by atoms with van der Waals surface area (Å²) in [7, 11) is 0. The second-order valence-corrected chi connectivity index (χ2v) is 7.42. The molecule has 0 aliphatic heterocycles. The lowest BCUT2D eigenvalue weighted by molar-refractivity contribution is 0.0528. The number of carbonyl (C=O) groups is 2. The van der Waals surface area contributed by atoms with E-state index in [1.165, 1.54) is 0 Å². The number of nitriles is 1. The Labute approximate surface area is 169 Å². The summed E-state index contributed by atoms with van der Waals surface area (Å²) in [6, 6.07) is 8.75. The Morgan fingerprint density at radius 2 is 1.97 bits per heavy atom. The molecule has 2 rings (SSSR count). The van der Waals surface area contributed by atoms with E-state index in [1.807, 2.05) is 31.2 Å². The van der Waals surface area contributed by atoms with Gasteiger partial charge >= 0.3 is 6.09 Å². The number of rotatable bonds is 7. The average Bonchev–Trinajstić information content (AvgIpc) is 3.13. The van der Waals surface area contributed by atoms with Crippen LogP contribution in [0.5, 0.6) is 0 Å². The van der Waals surface area contributed by atoms with Crippen molar-refractivity contribution in [3.63, 3.8) is 0 Å². The number of H-pyrrole nitrogens is 1. The monoisotopic (exact) mass is 398 g/mol. The fourth-order valence-corrected chi connectivity index (χ4v) is 2.44. The van der Waals surface area contributed by atoms with Gasteiger partial charge < -0.3 is 15.4 Å². The number of ether oxygens (including phenoxy) is 1. The molecule has 0 fully saturated rings. The third-order valence-electron chi connectivity index (χ3n) is 3.89. The van der Waals surface area contributed by atoms with E-state index in [4.69, 9.17) is 4.74 Å². The molecule has 0 unspecified atom stereocenters. The maximum Gasteiger partial charge on any atom is 0.407 e. The van der Waals surface area contributed by atoms with Crippen LogP contribution in [0.4, 0.5) is 4.79 Å². The van der Waals surface area contributed by atoms with Gasteiger partial charge in [-0.3, -0.25) is 9.89 Å². The van der Waals surface area contributed by atoms with Crippen LogP contribution in [0.25, 0.3) is 0 Å². The van der Waals surface area contributed by atoms with Crippen LogP contribution in [0.2, 0.25) is 0 Å². The fourth-order valence-electron chi connectivity index (χ4n) is 2.44. The number of alkyl carbamates (subject to hydrolysis) is 1. The molecule has 1 atom stereocenters. The predicted molar refractivity (Wildman–Crippen MR) is 106 cm³/mol. The normalized spacial score (nSPS) is 12.0. The molecule has 0 spiro atoms. The first kappa shape index (κ1) is 21.9. The van der Waals surface area contributed by atoms with E-state index in [0.29, 0.717) is 17.8 Å². The van der Waals surface area contributed by atoms with Gasteiger partial charge in [-0.25, -0.2) is 9.78 Å². The molecule has 1 aromatic carbocycles. The lowest BCUT2D eigenvalue weighted by atomic mass is 10.0. The first-order valence-corrected chi connectivity index (χ1v) is 9.39. The molecule has 0 aliphatic rings. The van der Waals surface area contributed by atoms with Crippen molar-refractivity contribution in [3.05, 3.63) is 47.0 Å². The smallest absolute Gasteiger partial charge is 0.407 e. The van der Waals surface area contributed by atoms with Gasteiger partial charge in [0.05, 0.1) is 6.07 Å². The van der Waals surface area contributed by atoms with E-state index in [0.717, 1.165) is 12.0 Å². The van der Waals surface area contributed by atoms with Crippen LogP contribution in [0.15, 0.2) is 24.3 Å². The van der Waals surface area contributed by atoms with Crippen LogP contribution in [0.1, 0.15) is 61.3 Å². The summed E-state index contributed by atoms with van der Waals surface area (Å²) in [5.74, 6) is -0.187. The van der Waals surface area contributed by atoms with E-state index in [1.54, 1.807) is 20.8 Å². The molecule has 1 aromatic heterocycles. The summed E-state index contributed by atoms with van der Waals surface area (Å²) in [6.45, 7) is 7.65. The Kier molecular flexibility index (Phi) is 7.31. The van der Waals surface area contributed by atoms with E-state index >= 15 is 0 Å². The molecule has 0 bridgehead atoms. The molecule has 9 heteroatoms. The molecule has 29 heavy (non-hydrogen) atoms. The number of amides is 2. The van der Waals surface area contributed by atoms with Crippen molar-refractivity contribution < 1.29 is 14.3 Å². The summed E-state index contributed by atoms with van der Waals surface area (Å²) >= 11 is 0. The largest absolute Gasteiger partial charge is 0.444 e. The van der Waals surface area contributed by atoms with Gasteiger partial charge in [-0.15, -0.1) is 5.10 Å². The third-order valence-corrected chi connectivity index (χ3v) is 3.89. The average molecular weight is 398 g/mol. The number of aromatic amines is 1. The summed E-state index contributed by atoms with van der Waals surface area (Å²) in [5, 5.41) is 21.1. The molecule has 0 aliphatic carbocycles. The number of carbonyl (C=O) groups excluding carboxylic acids is 2. The molecule has 2 amide bonds. The minimum atomic E-state index is -0.802. The highest BCUT2D eigenvalue weighted by Gasteiger charge is 2.19. The molecular formula is C20H26N6O3. The minimum absolute atomic E-state index is 0.0669. The van der Waals surface area contributed by atoms with Crippen molar-refractivity contribution in [2.24, 2.45) is 0 Å². The first-order valence-electron chi connectivity index (χ1n) is 9.39. The first-order chi connectivity index (χ1) is 13.7. The van der Waals surface area contributed by atoms with Gasteiger partial charge in [0.15, 0.2) is 0 Å². The topological polar surface area (TPSA) is 133 Å². The van der Waals surface area contributed by atoms with Crippen LogP contribution in [-0.2, 0) is 17.6 Å². The van der Waals surface area contributed by atoms with E-state index < -0.39 is 23.6 Å². The summed E-state index contributed by atoms with van der Waals surface area (Å²) in [6.07, 6.45) is 0.715. The van der Waals surface area contributed by atoms with Gasteiger partial charge in [-0.2, -0.15) is 5.26 Å². The van der Waals surface area contributed by atoms with Crippen LogP contribution in [0, 0.1) is 11.3 Å². The van der Waals surface area contributed by atoms with E-state index in [9.17, 15) is 14.9 Å². The SMILES string of the molecule is CCc1ccc([C@@H](C#N)NC(=O)c2n[nH]c(CCNC(=O)OC(C)(C)C)n2)cc1.